The Morgan fingerprint density at radius 3 is 2.24 bits per heavy atom. The first-order valence-electron chi connectivity index (χ1n) is 19.1. The van der Waals surface area contributed by atoms with Gasteiger partial charge in [-0.1, -0.05) is 103 Å². The van der Waals surface area contributed by atoms with Gasteiger partial charge in [0.25, 0.3) is 0 Å². The second-order valence-corrected chi connectivity index (χ2v) is 21.3. The van der Waals surface area contributed by atoms with Crippen molar-refractivity contribution in [3.8, 4) is 0 Å². The minimum atomic E-state index is -2.28. The molecule has 282 valence electrons. The van der Waals surface area contributed by atoms with Crippen LogP contribution < -0.4 is 12.4 Å². The second kappa shape index (κ2) is 21.8. The number of ketones is 1. The van der Waals surface area contributed by atoms with Crippen LogP contribution in [0.15, 0.2) is 36.4 Å². The fourth-order valence-corrected chi connectivity index (χ4v) is 12.2. The van der Waals surface area contributed by atoms with Crippen LogP contribution in [0.1, 0.15) is 123 Å². The summed E-state index contributed by atoms with van der Waals surface area (Å²) < 4.78 is 13.2. The molecule has 0 heterocycles. The quantitative estimate of drug-likeness (QED) is 0.0463. The van der Waals surface area contributed by atoms with Crippen LogP contribution in [0.5, 0.6) is 0 Å². The lowest BCUT2D eigenvalue weighted by Gasteiger charge is -2.40. The van der Waals surface area contributed by atoms with Gasteiger partial charge in [-0.2, -0.15) is 0 Å². The Morgan fingerprint density at radius 2 is 1.67 bits per heavy atom. The summed E-state index contributed by atoms with van der Waals surface area (Å²) in [6.45, 7) is 14.4. The minimum absolute atomic E-state index is 0. The van der Waals surface area contributed by atoms with Gasteiger partial charge in [0.1, 0.15) is 12.3 Å². The van der Waals surface area contributed by atoms with Crippen LogP contribution in [-0.2, 0) is 31.7 Å². The molecule has 1 fully saturated rings. The summed E-state index contributed by atoms with van der Waals surface area (Å²) in [4.78, 5) is 25.2. The van der Waals surface area contributed by atoms with E-state index in [-0.39, 0.29) is 36.3 Å². The fourth-order valence-electron chi connectivity index (χ4n) is 7.50. The number of carbonyl (C=O) groups excluding carboxylic acids is 2. The molecule has 0 bridgehead atoms. The molecule has 5 atom stereocenters. The molecule has 1 N–H and O–H groups in total. The molecular formula is C41H72ClNO5Si. The van der Waals surface area contributed by atoms with Crippen LogP contribution in [0.2, 0.25) is 17.6 Å². The van der Waals surface area contributed by atoms with E-state index < -0.39 is 13.9 Å². The fraction of sp³-hybridized carbons (Fsp3) is 0.756. The number of aliphatic hydroxyl groups is 1. The Balaban J connectivity index is 0.0000120. The summed E-state index contributed by atoms with van der Waals surface area (Å²) in [5.41, 5.74) is 2.42. The molecule has 2 rings (SSSR count). The highest BCUT2D eigenvalue weighted by atomic mass is 35.5. The lowest BCUT2D eigenvalue weighted by Crippen LogP contribution is -3.00. The van der Waals surface area contributed by atoms with Crippen LogP contribution in [0, 0.1) is 17.8 Å². The van der Waals surface area contributed by atoms with Crippen molar-refractivity contribution in [1.82, 2.24) is 0 Å². The van der Waals surface area contributed by atoms with Gasteiger partial charge in [0.15, 0.2) is 8.32 Å². The van der Waals surface area contributed by atoms with E-state index in [0.29, 0.717) is 36.5 Å². The van der Waals surface area contributed by atoms with E-state index in [1.807, 2.05) is 6.92 Å². The summed E-state index contributed by atoms with van der Waals surface area (Å²) in [5.74, 6) is 0.663. The zero-order valence-corrected chi connectivity index (χ0v) is 34.6. The van der Waals surface area contributed by atoms with Crippen molar-refractivity contribution >= 4 is 20.1 Å². The monoisotopic (exact) mass is 721 g/mol. The standard InChI is InChI=1S/C41H72NO5Si.ClH/c1-11-12-26-41(6,45)27-17-19-37-36(18-15-13-14-16-20-40(44)46-10)38(43)29-39(37)47-48(33(4)5,31-32(2)3)28-25-34-21-23-35(24-22-34)30-42(7,8)9;/h17,19,21-24,32-33,36-37,39,45H,11-16,18,20,25-31H2,1-10H3;1H/q+1;/p-1/b19-17+;/t36-,37-,39-,41?,48?;/m1./s1. The number of methoxy groups -OCH3 is 1. The SMILES string of the molecule is CCCCC(C)(O)C/C=C/[C@H]1[C@H](O[Si](CCc2ccc(C[N+](C)(C)C)cc2)(CC(C)C)C(C)C)CC(=O)[C@@H]1CCCCCCC(=O)OC.[Cl-]. The van der Waals surface area contributed by atoms with E-state index in [1.165, 1.54) is 18.2 Å². The van der Waals surface area contributed by atoms with E-state index in [9.17, 15) is 14.7 Å². The molecule has 49 heavy (non-hydrogen) atoms. The Labute approximate surface area is 307 Å². The van der Waals surface area contributed by atoms with Gasteiger partial charge in [-0.3, -0.25) is 9.59 Å². The van der Waals surface area contributed by atoms with Crippen LogP contribution in [-0.4, -0.2) is 69.6 Å². The highest BCUT2D eigenvalue weighted by Gasteiger charge is 2.48. The highest BCUT2D eigenvalue weighted by Crippen LogP contribution is 2.43. The molecule has 1 aromatic rings. The zero-order valence-electron chi connectivity index (χ0n) is 32.9. The van der Waals surface area contributed by atoms with Crippen molar-refractivity contribution in [1.29, 1.82) is 0 Å². The average molecular weight is 723 g/mol. The molecule has 1 saturated carbocycles. The van der Waals surface area contributed by atoms with Crippen molar-refractivity contribution in [2.24, 2.45) is 17.8 Å². The number of Topliss-reactive ketones (excluding diaryl/α,β-unsaturated/α-hetero) is 1. The summed E-state index contributed by atoms with van der Waals surface area (Å²) in [6, 6.07) is 11.3. The van der Waals surface area contributed by atoms with Crippen LogP contribution >= 0.6 is 0 Å². The molecule has 0 spiro atoms. The van der Waals surface area contributed by atoms with Crippen LogP contribution in [0.3, 0.4) is 0 Å². The molecule has 8 heteroatoms. The predicted octanol–water partition coefficient (Wildman–Crippen LogP) is 6.44. The second-order valence-electron chi connectivity index (χ2n) is 16.9. The van der Waals surface area contributed by atoms with Crippen molar-refractivity contribution in [2.45, 2.75) is 154 Å². The Kier molecular flexibility index (Phi) is 20.2. The van der Waals surface area contributed by atoms with Gasteiger partial charge >= 0.3 is 5.97 Å². The van der Waals surface area contributed by atoms with Gasteiger partial charge in [-0.05, 0) is 68.1 Å². The van der Waals surface area contributed by atoms with Crippen molar-refractivity contribution in [3.05, 3.63) is 47.5 Å². The number of nitrogens with zero attached hydrogens (tertiary/aromatic N) is 1. The average Bonchev–Trinajstić information content (AvgIpc) is 3.28. The number of halogens is 1. The third-order valence-electron chi connectivity index (χ3n) is 10.3. The molecule has 2 unspecified atom stereocenters. The van der Waals surface area contributed by atoms with Gasteiger partial charge in [-0.25, -0.2) is 0 Å². The van der Waals surface area contributed by atoms with Gasteiger partial charge in [0, 0.05) is 30.2 Å². The lowest BCUT2D eigenvalue weighted by atomic mass is 9.87. The number of esters is 1. The molecule has 0 aromatic heterocycles. The van der Waals surface area contributed by atoms with Gasteiger partial charge in [0.05, 0.1) is 40.0 Å². The number of aryl methyl sites for hydroxylation is 1. The number of quaternary nitrogens is 1. The molecule has 1 aromatic carbocycles. The number of unbranched alkanes of at least 4 members (excludes halogenated alkanes) is 4. The lowest BCUT2D eigenvalue weighted by molar-refractivity contribution is -0.884. The molecule has 1 aliphatic carbocycles. The maximum Gasteiger partial charge on any atom is 0.305 e. The number of benzene rings is 1. The third-order valence-corrected chi connectivity index (χ3v) is 15.8. The Morgan fingerprint density at radius 1 is 1.04 bits per heavy atom. The maximum atomic E-state index is 13.7. The van der Waals surface area contributed by atoms with E-state index in [4.69, 9.17) is 9.16 Å². The van der Waals surface area contributed by atoms with Crippen molar-refractivity contribution in [2.75, 3.05) is 28.3 Å². The number of ether oxygens (including phenoxy) is 1. The van der Waals surface area contributed by atoms with E-state index in [2.05, 4.69) is 92.2 Å². The molecule has 1 aliphatic rings. The van der Waals surface area contributed by atoms with Crippen molar-refractivity contribution < 1.29 is 40.7 Å². The highest BCUT2D eigenvalue weighted by molar-refractivity contribution is 6.75. The number of carbonyl (C=O) groups is 2. The third kappa shape index (κ3) is 16.6. The van der Waals surface area contributed by atoms with Crippen LogP contribution in [0.4, 0.5) is 0 Å². The first-order valence-corrected chi connectivity index (χ1v) is 21.5. The topological polar surface area (TPSA) is 72.8 Å². The summed E-state index contributed by atoms with van der Waals surface area (Å²) in [6.07, 6.45) is 14.2. The summed E-state index contributed by atoms with van der Waals surface area (Å²) >= 11 is 0. The molecule has 0 amide bonds. The van der Waals surface area contributed by atoms with E-state index >= 15 is 0 Å². The number of hydrogen-bond acceptors (Lipinski definition) is 5. The molecule has 0 saturated heterocycles. The Bertz CT molecular complexity index is 1130. The predicted molar refractivity (Wildman–Crippen MR) is 202 cm³/mol. The number of hydrogen-bond donors (Lipinski definition) is 1. The van der Waals surface area contributed by atoms with E-state index in [0.717, 1.165) is 80.9 Å². The van der Waals surface area contributed by atoms with Gasteiger partial charge in [0.2, 0.25) is 0 Å². The largest absolute Gasteiger partial charge is 1.00 e. The van der Waals surface area contributed by atoms with Gasteiger partial charge in [-0.15, -0.1) is 0 Å². The first kappa shape index (κ1) is 45.5. The van der Waals surface area contributed by atoms with Gasteiger partial charge < -0.3 is 31.2 Å². The minimum Gasteiger partial charge on any atom is -1.00 e. The molecular weight excluding hydrogens is 650 g/mol. The summed E-state index contributed by atoms with van der Waals surface area (Å²) in [5, 5.41) is 11.0. The zero-order chi connectivity index (χ0) is 36.0. The Hall–Kier alpha value is -1.51. The number of rotatable bonds is 23. The molecule has 0 radical (unpaired) electrons. The maximum absolute atomic E-state index is 13.7. The normalized spacial score (nSPS) is 20.8. The van der Waals surface area contributed by atoms with Crippen LogP contribution in [0.25, 0.3) is 0 Å². The molecule has 6 nitrogen and oxygen atoms in total. The van der Waals surface area contributed by atoms with Crippen molar-refractivity contribution in [3.63, 3.8) is 0 Å². The first-order chi connectivity index (χ1) is 22.5. The van der Waals surface area contributed by atoms with E-state index in [1.54, 1.807) is 0 Å². The smallest absolute Gasteiger partial charge is 0.305 e. The molecule has 0 aliphatic heterocycles. The summed E-state index contributed by atoms with van der Waals surface area (Å²) in [7, 11) is 5.84.